The van der Waals surface area contributed by atoms with Gasteiger partial charge >= 0.3 is 6.01 Å². The Bertz CT molecular complexity index is 1880. The first-order valence-corrected chi connectivity index (χ1v) is 15.1. The zero-order valence-electron chi connectivity index (χ0n) is 24.1. The Kier molecular flexibility index (Phi) is 6.33. The number of anilines is 1. The Morgan fingerprint density at radius 2 is 1.93 bits per heavy atom. The second-order valence-electron chi connectivity index (χ2n) is 12.6. The van der Waals surface area contributed by atoms with E-state index in [0.717, 1.165) is 18.4 Å². The molecular weight excluding hydrogens is 565 g/mol. The lowest BCUT2D eigenvalue weighted by molar-refractivity contribution is 0.107. The van der Waals surface area contributed by atoms with E-state index in [9.17, 15) is 8.78 Å². The predicted octanol–water partition coefficient (Wildman–Crippen LogP) is 5.17. The van der Waals surface area contributed by atoms with Crippen LogP contribution in [0.5, 0.6) is 6.01 Å². The Labute approximate surface area is 253 Å². The highest BCUT2D eigenvalue weighted by molar-refractivity contribution is 6.02. The summed E-state index contributed by atoms with van der Waals surface area (Å²) in [7, 11) is 0. The van der Waals surface area contributed by atoms with Gasteiger partial charge < -0.3 is 15.0 Å². The highest BCUT2D eigenvalue weighted by Gasteiger charge is 2.50. The van der Waals surface area contributed by atoms with Crippen molar-refractivity contribution in [2.24, 2.45) is 0 Å². The molecule has 6 heterocycles. The number of piperazine rings is 1. The molecule has 4 fully saturated rings. The molecule has 8 rings (SSSR count). The molecule has 1 N–H and O–H groups in total. The summed E-state index contributed by atoms with van der Waals surface area (Å²) >= 11 is 0. The van der Waals surface area contributed by atoms with Gasteiger partial charge in [0.05, 0.1) is 16.5 Å². The fourth-order valence-corrected chi connectivity index (χ4v) is 7.82. The molecule has 4 aliphatic heterocycles. The van der Waals surface area contributed by atoms with E-state index >= 15 is 4.39 Å². The Morgan fingerprint density at radius 1 is 1.11 bits per heavy atom. The zero-order valence-corrected chi connectivity index (χ0v) is 24.1. The largest absolute Gasteiger partial charge is 0.461 e. The molecule has 0 saturated carbocycles. The Hall–Kier alpha value is -4.20. The number of rotatable bonds is 5. The van der Waals surface area contributed by atoms with E-state index in [1.165, 1.54) is 6.07 Å². The molecule has 10 heteroatoms. The van der Waals surface area contributed by atoms with Gasteiger partial charge in [0, 0.05) is 61.8 Å². The van der Waals surface area contributed by atoms with Crippen molar-refractivity contribution in [3.8, 4) is 29.6 Å². The molecule has 7 nitrogen and oxygen atoms in total. The number of alkyl halides is 1. The van der Waals surface area contributed by atoms with Crippen LogP contribution in [0, 0.1) is 24.0 Å². The van der Waals surface area contributed by atoms with Crippen molar-refractivity contribution in [3.63, 3.8) is 0 Å². The molecule has 4 unspecified atom stereocenters. The van der Waals surface area contributed by atoms with Gasteiger partial charge in [-0.3, -0.25) is 9.88 Å². The fourth-order valence-electron chi connectivity index (χ4n) is 7.82. The molecule has 4 atom stereocenters. The molecule has 2 bridgehead atoms. The average molecular weight is 597 g/mol. The lowest BCUT2D eigenvalue weighted by Gasteiger charge is -2.34. The summed E-state index contributed by atoms with van der Waals surface area (Å²) in [5.41, 5.74) is 0.995. The first-order chi connectivity index (χ1) is 21.3. The van der Waals surface area contributed by atoms with E-state index in [1.54, 1.807) is 30.5 Å². The van der Waals surface area contributed by atoms with Gasteiger partial charge in [-0.1, -0.05) is 42.3 Å². The first-order valence-electron chi connectivity index (χ1n) is 15.1. The van der Waals surface area contributed by atoms with Crippen molar-refractivity contribution >= 4 is 27.5 Å². The van der Waals surface area contributed by atoms with E-state index in [4.69, 9.17) is 16.1 Å². The maximum absolute atomic E-state index is 16.7. The molecule has 44 heavy (non-hydrogen) atoms. The molecular formula is C34H31F3N6O. The van der Waals surface area contributed by atoms with Crippen LogP contribution in [0.2, 0.25) is 0 Å². The van der Waals surface area contributed by atoms with Crippen LogP contribution in [0.3, 0.4) is 0 Å². The molecule has 0 aliphatic carbocycles. The van der Waals surface area contributed by atoms with Crippen LogP contribution in [0.4, 0.5) is 19.0 Å². The van der Waals surface area contributed by atoms with Crippen LogP contribution in [-0.4, -0.2) is 76.4 Å². The van der Waals surface area contributed by atoms with Gasteiger partial charge in [0.2, 0.25) is 0 Å². The number of benzene rings is 2. The lowest BCUT2D eigenvalue weighted by Crippen LogP contribution is -2.51. The number of fused-ring (bicyclic) bond motifs is 5. The molecule has 2 aromatic heterocycles. The van der Waals surface area contributed by atoms with Gasteiger partial charge in [-0.25, -0.2) is 13.2 Å². The summed E-state index contributed by atoms with van der Waals surface area (Å²) in [5.74, 6) is 1.74. The number of nitrogens with zero attached hydrogens (tertiary/aromatic N) is 5. The molecule has 0 amide bonds. The van der Waals surface area contributed by atoms with Crippen molar-refractivity contribution < 1.29 is 17.9 Å². The number of terminal acetylenes is 1. The van der Waals surface area contributed by atoms with Crippen molar-refractivity contribution in [2.75, 3.05) is 37.7 Å². The minimum Gasteiger partial charge on any atom is -0.461 e. The molecule has 224 valence electrons. The number of aromatic nitrogens is 3. The Balaban J connectivity index is 1.26. The number of halogens is 3. The molecule has 4 aliphatic rings. The predicted molar refractivity (Wildman–Crippen MR) is 163 cm³/mol. The second kappa shape index (κ2) is 10.2. The quantitative estimate of drug-likeness (QED) is 0.252. The number of hydrogen-bond donors (Lipinski definition) is 1. The van der Waals surface area contributed by atoms with Crippen LogP contribution in [0.25, 0.3) is 32.9 Å². The smallest absolute Gasteiger partial charge is 0.319 e. The maximum atomic E-state index is 16.7. The second-order valence-corrected chi connectivity index (χ2v) is 12.6. The van der Waals surface area contributed by atoms with E-state index in [0.29, 0.717) is 78.6 Å². The van der Waals surface area contributed by atoms with Crippen LogP contribution in [0.1, 0.15) is 31.2 Å². The van der Waals surface area contributed by atoms with Gasteiger partial charge in [-0.2, -0.15) is 9.97 Å². The number of ether oxygens (including phenoxy) is 1. The minimum atomic E-state index is -0.944. The molecule has 0 radical (unpaired) electrons. The molecule has 2 aromatic carbocycles. The third-order valence-electron chi connectivity index (χ3n) is 9.71. The highest BCUT2D eigenvalue weighted by atomic mass is 19.1. The summed E-state index contributed by atoms with van der Waals surface area (Å²) < 4.78 is 52.3. The van der Waals surface area contributed by atoms with E-state index < -0.39 is 23.3 Å². The number of nitrogens with one attached hydrogen (secondary N) is 1. The summed E-state index contributed by atoms with van der Waals surface area (Å²) in [4.78, 5) is 18.2. The van der Waals surface area contributed by atoms with Crippen molar-refractivity contribution in [1.82, 2.24) is 25.2 Å². The molecule has 0 spiro atoms. The van der Waals surface area contributed by atoms with Crippen molar-refractivity contribution in [2.45, 2.75) is 49.5 Å². The lowest BCUT2D eigenvalue weighted by atomic mass is 9.93. The van der Waals surface area contributed by atoms with Crippen molar-refractivity contribution in [3.05, 3.63) is 65.9 Å². The van der Waals surface area contributed by atoms with Crippen molar-refractivity contribution in [1.29, 1.82) is 0 Å². The SMILES string of the molecule is C#Cc1c(F)ccc2cccc(-c3ncc4c(N5CC6CCC(C5)N6)nc(OCC56CC(=C)CN5CC(F)C6)nc4c3F)c12. The monoisotopic (exact) mass is 596 g/mol. The maximum Gasteiger partial charge on any atom is 0.319 e. The summed E-state index contributed by atoms with van der Waals surface area (Å²) in [6.45, 7) is 6.68. The van der Waals surface area contributed by atoms with Crippen LogP contribution < -0.4 is 15.0 Å². The van der Waals surface area contributed by atoms with Crippen LogP contribution in [0.15, 0.2) is 48.7 Å². The van der Waals surface area contributed by atoms with Gasteiger partial charge in [0.25, 0.3) is 0 Å². The Morgan fingerprint density at radius 3 is 2.73 bits per heavy atom. The summed E-state index contributed by atoms with van der Waals surface area (Å²) in [6, 6.07) is 8.81. The van der Waals surface area contributed by atoms with Gasteiger partial charge in [-0.15, -0.1) is 6.42 Å². The van der Waals surface area contributed by atoms with Gasteiger partial charge in [0.1, 0.15) is 35.6 Å². The van der Waals surface area contributed by atoms with Crippen LogP contribution >= 0.6 is 0 Å². The van der Waals surface area contributed by atoms with E-state index in [1.807, 2.05) is 0 Å². The van der Waals surface area contributed by atoms with E-state index in [2.05, 4.69) is 37.6 Å². The molecule has 4 saturated heterocycles. The molecule has 4 aromatic rings. The summed E-state index contributed by atoms with van der Waals surface area (Å²) in [6.07, 6.45) is 9.43. The normalized spacial score (nSPS) is 26.5. The average Bonchev–Trinajstić information content (AvgIpc) is 3.62. The van der Waals surface area contributed by atoms with Gasteiger partial charge in [-0.05, 0) is 30.7 Å². The number of hydrogen-bond acceptors (Lipinski definition) is 7. The van der Waals surface area contributed by atoms with Crippen LogP contribution in [-0.2, 0) is 0 Å². The highest BCUT2D eigenvalue weighted by Crippen LogP contribution is 2.43. The number of pyridine rings is 1. The topological polar surface area (TPSA) is 66.4 Å². The third kappa shape index (κ3) is 4.32. The zero-order chi connectivity index (χ0) is 30.2. The van der Waals surface area contributed by atoms with Gasteiger partial charge in [0.15, 0.2) is 5.82 Å². The third-order valence-corrected chi connectivity index (χ3v) is 9.71. The fraction of sp³-hybridized carbons (Fsp3) is 0.382. The van der Waals surface area contributed by atoms with E-state index in [-0.39, 0.29) is 29.4 Å². The standard InChI is InChI=1S/C34H31F3N6O/c1-3-24-27(36)10-7-20-5-4-6-25(28(20)24)30-29(37)31-26(13-38-30)32(42-16-22-8-9-23(17-42)39-22)41-33(40-31)44-18-34-11-19(2)14-43(34)15-21(35)12-34/h1,4-7,10,13,21-23,39H,2,8-9,11-12,14-18H2. The first kappa shape index (κ1) is 27.4. The minimum absolute atomic E-state index is 0.00843. The summed E-state index contributed by atoms with van der Waals surface area (Å²) in [5, 5.41) is 5.16.